The van der Waals surface area contributed by atoms with Gasteiger partial charge in [0, 0.05) is 48.5 Å². The van der Waals surface area contributed by atoms with E-state index in [1.54, 1.807) is 29.2 Å². The number of aromatic carboxylic acids is 1. The average Bonchev–Trinajstić information content (AvgIpc) is 3.18. The summed E-state index contributed by atoms with van der Waals surface area (Å²) >= 11 is 0. The van der Waals surface area contributed by atoms with Gasteiger partial charge in [0.15, 0.2) is 0 Å². The lowest BCUT2D eigenvalue weighted by atomic mass is 10.0. The van der Waals surface area contributed by atoms with Crippen LogP contribution in [0, 0.1) is 5.82 Å². The number of carboxylic acid groups (broad SMARTS) is 1. The van der Waals surface area contributed by atoms with Crippen LogP contribution in [0.3, 0.4) is 0 Å². The van der Waals surface area contributed by atoms with Gasteiger partial charge in [0.1, 0.15) is 11.5 Å². The van der Waals surface area contributed by atoms with Gasteiger partial charge in [-0.25, -0.2) is 9.18 Å². The third kappa shape index (κ3) is 4.02. The van der Waals surface area contributed by atoms with Crippen molar-refractivity contribution in [2.45, 2.75) is 13.1 Å². The second-order valence-electron chi connectivity index (χ2n) is 6.65. The molecule has 30 heavy (non-hydrogen) atoms. The summed E-state index contributed by atoms with van der Waals surface area (Å²) < 4.78 is 16.4. The first-order valence-electron chi connectivity index (χ1n) is 9.19. The maximum atomic E-state index is 13.4. The summed E-state index contributed by atoms with van der Waals surface area (Å²) in [6.45, 7) is 0.600. The van der Waals surface area contributed by atoms with Gasteiger partial charge in [-0.3, -0.25) is 14.5 Å². The van der Waals surface area contributed by atoms with Crippen molar-refractivity contribution in [2.75, 3.05) is 0 Å². The highest BCUT2D eigenvalue weighted by atomic mass is 19.1. The summed E-state index contributed by atoms with van der Waals surface area (Å²) in [4.78, 5) is 27.3. The number of hydrogen-bond acceptors (Lipinski definition) is 4. The molecule has 0 amide bonds. The van der Waals surface area contributed by atoms with E-state index in [2.05, 4.69) is 10.1 Å². The third-order valence-corrected chi connectivity index (χ3v) is 4.67. The monoisotopic (exact) mass is 404 g/mol. The Morgan fingerprint density at radius 2 is 1.67 bits per heavy atom. The van der Waals surface area contributed by atoms with E-state index >= 15 is 0 Å². The van der Waals surface area contributed by atoms with Crippen molar-refractivity contribution in [3.63, 3.8) is 0 Å². The first kappa shape index (κ1) is 19.3. The highest BCUT2D eigenvalue weighted by Crippen LogP contribution is 2.30. The predicted octanol–water partition coefficient (Wildman–Crippen LogP) is 3.31. The molecule has 0 spiro atoms. The van der Waals surface area contributed by atoms with Crippen LogP contribution in [0.2, 0.25) is 0 Å². The van der Waals surface area contributed by atoms with Crippen LogP contribution in [0.25, 0.3) is 22.4 Å². The van der Waals surface area contributed by atoms with Gasteiger partial charge in [-0.2, -0.15) is 5.10 Å². The molecule has 0 fully saturated rings. The van der Waals surface area contributed by atoms with Crippen LogP contribution in [0.5, 0.6) is 0 Å². The van der Waals surface area contributed by atoms with Gasteiger partial charge in [0.25, 0.3) is 5.56 Å². The zero-order valence-electron chi connectivity index (χ0n) is 15.8. The van der Waals surface area contributed by atoms with E-state index < -0.39 is 5.97 Å². The fourth-order valence-electron chi connectivity index (χ4n) is 3.14. The number of carbonyl (C=O) groups is 1. The summed E-state index contributed by atoms with van der Waals surface area (Å²) in [5, 5.41) is 13.8. The molecule has 8 heteroatoms. The average molecular weight is 404 g/mol. The molecule has 0 saturated carbocycles. The van der Waals surface area contributed by atoms with Crippen LogP contribution >= 0.6 is 0 Å². The number of nitrogens with zero attached hydrogens (tertiary/aromatic N) is 4. The molecule has 1 aromatic carbocycles. The lowest BCUT2D eigenvalue weighted by Gasteiger charge is -2.06. The number of carboxylic acids is 1. The quantitative estimate of drug-likeness (QED) is 0.533. The molecule has 0 bridgehead atoms. The van der Waals surface area contributed by atoms with Crippen LogP contribution in [0.4, 0.5) is 4.39 Å². The van der Waals surface area contributed by atoms with Crippen LogP contribution in [0.1, 0.15) is 10.4 Å². The number of hydrogen-bond donors (Lipinski definition) is 1. The van der Waals surface area contributed by atoms with Crippen molar-refractivity contribution in [1.82, 2.24) is 19.3 Å². The van der Waals surface area contributed by atoms with Crippen molar-refractivity contribution >= 4 is 5.97 Å². The van der Waals surface area contributed by atoms with Gasteiger partial charge in [0.05, 0.1) is 12.1 Å². The molecule has 0 aliphatic carbocycles. The number of aryl methyl sites for hydroxylation is 2. The van der Waals surface area contributed by atoms with Gasteiger partial charge >= 0.3 is 5.97 Å². The molecule has 7 nitrogen and oxygen atoms in total. The third-order valence-electron chi connectivity index (χ3n) is 4.67. The Morgan fingerprint density at radius 1 is 0.933 bits per heavy atom. The molecular weight excluding hydrogens is 387 g/mol. The van der Waals surface area contributed by atoms with Crippen molar-refractivity contribution in [3.05, 3.63) is 95.1 Å². The smallest absolute Gasteiger partial charge is 0.337 e. The van der Waals surface area contributed by atoms with Crippen molar-refractivity contribution < 1.29 is 14.3 Å². The molecule has 0 saturated heterocycles. The lowest BCUT2D eigenvalue weighted by Crippen LogP contribution is -2.22. The zero-order valence-corrected chi connectivity index (χ0v) is 15.8. The van der Waals surface area contributed by atoms with E-state index in [9.17, 15) is 14.0 Å². The summed E-state index contributed by atoms with van der Waals surface area (Å²) in [6.07, 6.45) is 6.52. The lowest BCUT2D eigenvalue weighted by molar-refractivity contribution is 0.0695. The van der Waals surface area contributed by atoms with Crippen LogP contribution in [-0.2, 0) is 13.1 Å². The van der Waals surface area contributed by atoms with E-state index in [0.29, 0.717) is 12.2 Å². The normalized spacial score (nSPS) is 10.8. The van der Waals surface area contributed by atoms with Gasteiger partial charge in [0.2, 0.25) is 0 Å². The number of aromatic nitrogens is 4. The molecule has 4 aromatic rings. The maximum absolute atomic E-state index is 13.4. The van der Waals surface area contributed by atoms with Crippen LogP contribution in [-0.4, -0.2) is 30.4 Å². The Labute approximate surface area is 170 Å². The summed E-state index contributed by atoms with van der Waals surface area (Å²) in [5.41, 5.74) is 2.93. The standard InChI is InChI=1S/C22H17FN4O3/c23-18-4-1-16(2-5-18)21-19(15-7-9-24-10-8-15)14-27(25-21)12-11-26-13-17(22(29)30)3-6-20(26)28/h1-10,13-14H,11-12H2,(H,29,30). The van der Waals surface area contributed by atoms with Crippen molar-refractivity contribution in [1.29, 1.82) is 0 Å². The van der Waals surface area contributed by atoms with Crippen LogP contribution < -0.4 is 5.56 Å². The Kier molecular flexibility index (Phi) is 5.21. The summed E-state index contributed by atoms with van der Waals surface area (Å²) in [6, 6.07) is 12.3. The van der Waals surface area contributed by atoms with Crippen molar-refractivity contribution in [3.8, 4) is 22.4 Å². The van der Waals surface area contributed by atoms with Gasteiger partial charge in [-0.1, -0.05) is 0 Å². The first-order chi connectivity index (χ1) is 14.5. The van der Waals surface area contributed by atoms with Crippen LogP contribution in [0.15, 0.2) is 78.1 Å². The molecule has 1 N–H and O–H groups in total. The van der Waals surface area contributed by atoms with Gasteiger partial charge in [-0.15, -0.1) is 0 Å². The Bertz CT molecular complexity index is 1250. The molecule has 150 valence electrons. The van der Waals surface area contributed by atoms with E-state index in [-0.39, 0.29) is 23.5 Å². The fourth-order valence-corrected chi connectivity index (χ4v) is 3.14. The molecular formula is C22H17FN4O3. The maximum Gasteiger partial charge on any atom is 0.337 e. The van der Waals surface area contributed by atoms with E-state index in [1.165, 1.54) is 35.0 Å². The molecule has 0 aliphatic heterocycles. The molecule has 0 atom stereocenters. The van der Waals surface area contributed by atoms with Gasteiger partial charge in [-0.05, 0) is 48.0 Å². The topological polar surface area (TPSA) is 90.0 Å². The number of rotatable bonds is 6. The molecule has 4 rings (SSSR count). The fraction of sp³-hybridized carbons (Fsp3) is 0.0909. The SMILES string of the molecule is O=C(O)c1ccc(=O)n(CCn2cc(-c3ccncc3)c(-c3ccc(F)cc3)n2)c1. The second kappa shape index (κ2) is 8.12. The summed E-state index contributed by atoms with van der Waals surface area (Å²) in [7, 11) is 0. The minimum absolute atomic E-state index is 0.0412. The molecule has 0 unspecified atom stereocenters. The number of halogens is 1. The Balaban J connectivity index is 1.68. The number of benzene rings is 1. The van der Waals surface area contributed by atoms with E-state index in [4.69, 9.17) is 5.11 Å². The Morgan fingerprint density at radius 3 is 2.37 bits per heavy atom. The summed E-state index contributed by atoms with van der Waals surface area (Å²) in [5.74, 6) is -1.43. The van der Waals surface area contributed by atoms with E-state index in [1.807, 2.05) is 18.3 Å². The Hall–Kier alpha value is -4.07. The zero-order chi connectivity index (χ0) is 21.1. The molecule has 0 radical (unpaired) electrons. The van der Waals surface area contributed by atoms with Crippen molar-refractivity contribution in [2.24, 2.45) is 0 Å². The minimum atomic E-state index is -1.10. The first-order valence-corrected chi connectivity index (χ1v) is 9.19. The molecule has 3 aromatic heterocycles. The highest BCUT2D eigenvalue weighted by molar-refractivity contribution is 5.87. The largest absolute Gasteiger partial charge is 0.478 e. The van der Waals surface area contributed by atoms with E-state index in [0.717, 1.165) is 16.7 Å². The number of pyridine rings is 2. The second-order valence-corrected chi connectivity index (χ2v) is 6.65. The molecule has 3 heterocycles. The van der Waals surface area contributed by atoms with Gasteiger partial charge < -0.3 is 9.67 Å². The predicted molar refractivity (Wildman–Crippen MR) is 109 cm³/mol. The molecule has 0 aliphatic rings. The highest BCUT2D eigenvalue weighted by Gasteiger charge is 2.14. The minimum Gasteiger partial charge on any atom is -0.478 e.